The number of benzene rings is 1. The van der Waals surface area contributed by atoms with Crippen LogP contribution in [0.3, 0.4) is 0 Å². The summed E-state index contributed by atoms with van der Waals surface area (Å²) in [6, 6.07) is 7.21. The first-order chi connectivity index (χ1) is 7.66. The summed E-state index contributed by atoms with van der Waals surface area (Å²) in [5.41, 5.74) is 7.03. The number of nitrogens with two attached hydrogens (primary N) is 1. The summed E-state index contributed by atoms with van der Waals surface area (Å²) in [6.45, 7) is 3.93. The molecule has 1 fully saturated rings. The molecule has 1 aliphatic heterocycles. The van der Waals surface area contributed by atoms with Crippen molar-refractivity contribution in [2.45, 2.75) is 19.8 Å². The molecule has 3 nitrogen and oxygen atoms in total. The van der Waals surface area contributed by atoms with Gasteiger partial charge in [0.15, 0.2) is 0 Å². The molecule has 2 rings (SSSR count). The highest BCUT2D eigenvalue weighted by atomic mass is 16.2. The van der Waals surface area contributed by atoms with E-state index in [9.17, 15) is 4.79 Å². The number of rotatable bonds is 1. The summed E-state index contributed by atoms with van der Waals surface area (Å²) < 4.78 is 0. The molecule has 0 aromatic heterocycles. The summed E-state index contributed by atoms with van der Waals surface area (Å²) >= 11 is 0. The van der Waals surface area contributed by atoms with Gasteiger partial charge in [-0.3, -0.25) is 4.79 Å². The molecule has 0 spiro atoms. The second-order valence-corrected chi connectivity index (χ2v) is 4.62. The average molecular weight is 218 g/mol. The van der Waals surface area contributed by atoms with E-state index in [2.05, 4.69) is 6.92 Å². The van der Waals surface area contributed by atoms with Crippen LogP contribution in [0.2, 0.25) is 0 Å². The number of nitrogens with zero attached hydrogens (tertiary/aromatic N) is 1. The number of anilines is 1. The van der Waals surface area contributed by atoms with Crippen LogP contribution in [0, 0.1) is 5.92 Å². The molecule has 0 saturated carbocycles. The van der Waals surface area contributed by atoms with Crippen LogP contribution in [0.25, 0.3) is 0 Å². The van der Waals surface area contributed by atoms with Crippen molar-refractivity contribution >= 4 is 11.6 Å². The standard InChI is InChI=1S/C13H18N2O/c1-10-4-3-7-15(9-10)13(16)11-5-2-6-12(14)8-11/h2,5-6,8,10H,3-4,7,9,14H2,1H3/t10-/m0/s1. The van der Waals surface area contributed by atoms with Gasteiger partial charge in [-0.2, -0.15) is 0 Å². The van der Waals surface area contributed by atoms with Crippen LogP contribution >= 0.6 is 0 Å². The normalized spacial score (nSPS) is 20.8. The Morgan fingerprint density at radius 3 is 3.00 bits per heavy atom. The minimum Gasteiger partial charge on any atom is -0.399 e. The molecule has 3 heteroatoms. The van der Waals surface area contributed by atoms with Crippen molar-refractivity contribution in [1.29, 1.82) is 0 Å². The highest BCUT2D eigenvalue weighted by Gasteiger charge is 2.21. The van der Waals surface area contributed by atoms with Gasteiger partial charge in [0.2, 0.25) is 0 Å². The summed E-state index contributed by atoms with van der Waals surface area (Å²) in [5.74, 6) is 0.720. The first-order valence-corrected chi connectivity index (χ1v) is 5.81. The van der Waals surface area contributed by atoms with Gasteiger partial charge in [0, 0.05) is 24.3 Å². The van der Waals surface area contributed by atoms with Crippen molar-refractivity contribution in [1.82, 2.24) is 4.90 Å². The lowest BCUT2D eigenvalue weighted by Crippen LogP contribution is -2.39. The van der Waals surface area contributed by atoms with E-state index in [-0.39, 0.29) is 5.91 Å². The van der Waals surface area contributed by atoms with E-state index in [0.29, 0.717) is 17.2 Å². The maximum absolute atomic E-state index is 12.2. The smallest absolute Gasteiger partial charge is 0.253 e. The van der Waals surface area contributed by atoms with Crippen LogP contribution < -0.4 is 5.73 Å². The average Bonchev–Trinajstić information content (AvgIpc) is 2.28. The fraction of sp³-hybridized carbons (Fsp3) is 0.462. The fourth-order valence-corrected chi connectivity index (χ4v) is 2.23. The van der Waals surface area contributed by atoms with E-state index in [1.165, 1.54) is 6.42 Å². The van der Waals surface area contributed by atoms with Gasteiger partial charge in [-0.05, 0) is 37.0 Å². The van der Waals surface area contributed by atoms with E-state index in [0.717, 1.165) is 19.5 Å². The van der Waals surface area contributed by atoms with Crippen molar-refractivity contribution < 1.29 is 4.79 Å². The Morgan fingerprint density at radius 2 is 2.31 bits per heavy atom. The molecule has 16 heavy (non-hydrogen) atoms. The molecule has 1 atom stereocenters. The number of hydrogen-bond acceptors (Lipinski definition) is 2. The Balaban J connectivity index is 2.12. The zero-order valence-electron chi connectivity index (χ0n) is 9.65. The van der Waals surface area contributed by atoms with Gasteiger partial charge >= 0.3 is 0 Å². The Bertz CT molecular complexity index is 389. The zero-order chi connectivity index (χ0) is 11.5. The largest absolute Gasteiger partial charge is 0.399 e. The number of carbonyl (C=O) groups is 1. The third kappa shape index (κ3) is 2.35. The molecule has 2 N–H and O–H groups in total. The van der Waals surface area contributed by atoms with Crippen molar-refractivity contribution in [3.05, 3.63) is 29.8 Å². The molecule has 0 bridgehead atoms. The molecule has 86 valence electrons. The Kier molecular flexibility index (Phi) is 3.13. The van der Waals surface area contributed by atoms with Gasteiger partial charge in [-0.1, -0.05) is 13.0 Å². The number of carbonyl (C=O) groups excluding carboxylic acids is 1. The van der Waals surface area contributed by atoms with Gasteiger partial charge in [-0.25, -0.2) is 0 Å². The Labute approximate surface area is 96.2 Å². The van der Waals surface area contributed by atoms with E-state index in [1.54, 1.807) is 12.1 Å². The highest BCUT2D eigenvalue weighted by molar-refractivity contribution is 5.95. The quantitative estimate of drug-likeness (QED) is 0.734. The lowest BCUT2D eigenvalue weighted by Gasteiger charge is -2.31. The second kappa shape index (κ2) is 4.56. The molecule has 1 heterocycles. The molecule has 1 aliphatic rings. The van der Waals surface area contributed by atoms with Crippen LogP contribution in [0.15, 0.2) is 24.3 Å². The van der Waals surface area contributed by atoms with Gasteiger partial charge in [0.05, 0.1) is 0 Å². The number of likely N-dealkylation sites (tertiary alicyclic amines) is 1. The molecule has 0 radical (unpaired) electrons. The molecule has 1 saturated heterocycles. The van der Waals surface area contributed by atoms with Crippen molar-refractivity contribution in [2.75, 3.05) is 18.8 Å². The number of hydrogen-bond donors (Lipinski definition) is 1. The van der Waals surface area contributed by atoms with Crippen LogP contribution in [-0.4, -0.2) is 23.9 Å². The van der Waals surface area contributed by atoms with Crippen molar-refractivity contribution in [2.24, 2.45) is 5.92 Å². The van der Waals surface area contributed by atoms with Gasteiger partial charge in [0.1, 0.15) is 0 Å². The molecular weight excluding hydrogens is 200 g/mol. The first-order valence-electron chi connectivity index (χ1n) is 5.81. The Hall–Kier alpha value is -1.51. The maximum Gasteiger partial charge on any atom is 0.253 e. The minimum absolute atomic E-state index is 0.110. The predicted molar refractivity (Wildman–Crippen MR) is 65.2 cm³/mol. The van der Waals surface area contributed by atoms with Gasteiger partial charge < -0.3 is 10.6 Å². The molecule has 0 unspecified atom stereocenters. The molecule has 1 aromatic rings. The highest BCUT2D eigenvalue weighted by Crippen LogP contribution is 2.18. The summed E-state index contributed by atoms with van der Waals surface area (Å²) in [5, 5.41) is 0. The molecular formula is C13H18N2O. The van der Waals surface area contributed by atoms with E-state index in [4.69, 9.17) is 5.73 Å². The van der Waals surface area contributed by atoms with Crippen molar-refractivity contribution in [3.63, 3.8) is 0 Å². The van der Waals surface area contributed by atoms with E-state index < -0.39 is 0 Å². The third-order valence-corrected chi connectivity index (χ3v) is 3.08. The van der Waals surface area contributed by atoms with Gasteiger partial charge in [0.25, 0.3) is 5.91 Å². The minimum atomic E-state index is 0.110. The maximum atomic E-state index is 12.2. The van der Waals surface area contributed by atoms with E-state index in [1.807, 2.05) is 17.0 Å². The third-order valence-electron chi connectivity index (χ3n) is 3.08. The Morgan fingerprint density at radius 1 is 1.50 bits per heavy atom. The summed E-state index contributed by atoms with van der Waals surface area (Å²) in [4.78, 5) is 14.1. The number of piperidine rings is 1. The fourth-order valence-electron chi connectivity index (χ4n) is 2.23. The number of amides is 1. The lowest BCUT2D eigenvalue weighted by molar-refractivity contribution is 0.0683. The van der Waals surface area contributed by atoms with E-state index >= 15 is 0 Å². The zero-order valence-corrected chi connectivity index (χ0v) is 9.65. The molecule has 0 aliphatic carbocycles. The SMILES string of the molecule is C[C@H]1CCCN(C(=O)c2cccc(N)c2)C1. The topological polar surface area (TPSA) is 46.3 Å². The molecule has 1 aromatic carbocycles. The number of nitrogen functional groups attached to an aromatic ring is 1. The van der Waals surface area contributed by atoms with Crippen LogP contribution in [0.5, 0.6) is 0 Å². The lowest BCUT2D eigenvalue weighted by atomic mass is 9.99. The summed E-state index contributed by atoms with van der Waals surface area (Å²) in [7, 11) is 0. The van der Waals surface area contributed by atoms with Crippen LogP contribution in [0.4, 0.5) is 5.69 Å². The van der Waals surface area contributed by atoms with Crippen LogP contribution in [0.1, 0.15) is 30.1 Å². The monoisotopic (exact) mass is 218 g/mol. The molecule has 1 amide bonds. The van der Waals surface area contributed by atoms with Crippen LogP contribution in [-0.2, 0) is 0 Å². The van der Waals surface area contributed by atoms with Crippen molar-refractivity contribution in [3.8, 4) is 0 Å². The second-order valence-electron chi connectivity index (χ2n) is 4.62. The first kappa shape index (κ1) is 11.0. The summed E-state index contributed by atoms with van der Waals surface area (Å²) in [6.07, 6.45) is 2.33. The van der Waals surface area contributed by atoms with Gasteiger partial charge in [-0.15, -0.1) is 0 Å². The predicted octanol–water partition coefficient (Wildman–Crippen LogP) is 2.14.